The molecule has 2 N–H and O–H groups in total. The van der Waals surface area contributed by atoms with Crippen molar-refractivity contribution >= 4 is 29.9 Å². The molecule has 1 aromatic carbocycles. The number of nitrogens with one attached hydrogen (secondary N) is 2. The van der Waals surface area contributed by atoms with Crippen molar-refractivity contribution in [2.75, 3.05) is 45.9 Å². The molecule has 1 heterocycles. The maximum atomic E-state index is 12.6. The van der Waals surface area contributed by atoms with E-state index in [1.165, 1.54) is 4.90 Å². The second kappa shape index (κ2) is 13.9. The van der Waals surface area contributed by atoms with Gasteiger partial charge >= 0.3 is 6.18 Å². The number of nitrogens with zero attached hydrogens (tertiary/aromatic N) is 2. The van der Waals surface area contributed by atoms with Crippen molar-refractivity contribution in [3.63, 3.8) is 0 Å². The summed E-state index contributed by atoms with van der Waals surface area (Å²) in [7, 11) is 0. The van der Waals surface area contributed by atoms with Gasteiger partial charge in [-0.05, 0) is 51.3 Å². The van der Waals surface area contributed by atoms with Gasteiger partial charge in [0, 0.05) is 32.2 Å². The highest BCUT2D eigenvalue weighted by Gasteiger charge is 2.34. The molecule has 1 aliphatic rings. The largest absolute Gasteiger partial charge is 0.490 e. The molecule has 1 aliphatic heterocycles. The van der Waals surface area contributed by atoms with Crippen LogP contribution in [-0.2, 0) is 6.42 Å². The van der Waals surface area contributed by atoms with E-state index in [2.05, 4.69) is 15.6 Å². The van der Waals surface area contributed by atoms with Crippen molar-refractivity contribution in [1.82, 2.24) is 15.5 Å². The molecule has 1 fully saturated rings. The van der Waals surface area contributed by atoms with Crippen LogP contribution in [0.5, 0.6) is 11.5 Å². The van der Waals surface area contributed by atoms with Crippen LogP contribution in [0.25, 0.3) is 0 Å². The van der Waals surface area contributed by atoms with Gasteiger partial charge in [-0.1, -0.05) is 6.07 Å². The molecular weight excluding hydrogens is 524 g/mol. The second-order valence-electron chi connectivity index (χ2n) is 7.14. The van der Waals surface area contributed by atoms with E-state index >= 15 is 0 Å². The van der Waals surface area contributed by atoms with Crippen LogP contribution in [0.2, 0.25) is 0 Å². The first kappa shape index (κ1) is 27.6. The van der Waals surface area contributed by atoms with E-state index in [1.807, 2.05) is 39.0 Å². The van der Waals surface area contributed by atoms with E-state index in [0.717, 1.165) is 17.1 Å². The Morgan fingerprint density at radius 1 is 1.16 bits per heavy atom. The molecular formula is C21H34F3IN4O2. The normalized spacial score (nSPS) is 17.2. The zero-order valence-electron chi connectivity index (χ0n) is 18.4. The SMILES string of the molecule is CCNC(=NCCc1ccc(OCC)c(OCC)c1)NC1CCN(CC(F)(F)F)C1.I. The third-order valence-electron chi connectivity index (χ3n) is 4.64. The number of hydrogen-bond acceptors (Lipinski definition) is 4. The van der Waals surface area contributed by atoms with Crippen molar-refractivity contribution in [1.29, 1.82) is 0 Å². The Hall–Kier alpha value is -1.43. The summed E-state index contributed by atoms with van der Waals surface area (Å²) in [6, 6.07) is 5.83. The number of alkyl halides is 3. The zero-order valence-corrected chi connectivity index (χ0v) is 20.8. The van der Waals surface area contributed by atoms with Crippen molar-refractivity contribution in [2.45, 2.75) is 45.8 Å². The van der Waals surface area contributed by atoms with Gasteiger partial charge in [-0.25, -0.2) is 0 Å². The molecule has 0 radical (unpaired) electrons. The minimum Gasteiger partial charge on any atom is -0.490 e. The van der Waals surface area contributed by atoms with Crippen LogP contribution in [0, 0.1) is 0 Å². The van der Waals surface area contributed by atoms with Gasteiger partial charge in [0.2, 0.25) is 0 Å². The number of halogens is 4. The lowest BCUT2D eigenvalue weighted by molar-refractivity contribution is -0.143. The number of hydrogen-bond donors (Lipinski definition) is 2. The molecule has 0 saturated carbocycles. The third kappa shape index (κ3) is 10.2. The number of guanidine groups is 1. The predicted molar refractivity (Wildman–Crippen MR) is 128 cm³/mol. The average Bonchev–Trinajstić information content (AvgIpc) is 3.09. The van der Waals surface area contributed by atoms with Crippen LogP contribution in [0.15, 0.2) is 23.2 Å². The van der Waals surface area contributed by atoms with Gasteiger partial charge in [0.05, 0.1) is 19.8 Å². The van der Waals surface area contributed by atoms with Gasteiger partial charge in [0.1, 0.15) is 0 Å². The minimum absolute atomic E-state index is 0. The van der Waals surface area contributed by atoms with Crippen LogP contribution < -0.4 is 20.1 Å². The first-order valence-corrected chi connectivity index (χ1v) is 10.6. The lowest BCUT2D eigenvalue weighted by Crippen LogP contribution is -2.45. The molecule has 6 nitrogen and oxygen atoms in total. The van der Waals surface area contributed by atoms with Gasteiger partial charge < -0.3 is 20.1 Å². The summed E-state index contributed by atoms with van der Waals surface area (Å²) in [6.07, 6.45) is -2.78. The summed E-state index contributed by atoms with van der Waals surface area (Å²) in [5.74, 6) is 2.08. The topological polar surface area (TPSA) is 58.1 Å². The van der Waals surface area contributed by atoms with E-state index in [1.54, 1.807) is 0 Å². The molecule has 0 amide bonds. The maximum absolute atomic E-state index is 12.6. The van der Waals surface area contributed by atoms with Crippen LogP contribution in [-0.4, -0.2) is 69.0 Å². The summed E-state index contributed by atoms with van der Waals surface area (Å²) in [4.78, 5) is 6.01. The zero-order chi connectivity index (χ0) is 22.0. The molecule has 1 aromatic rings. The van der Waals surface area contributed by atoms with Crippen molar-refractivity contribution < 1.29 is 22.6 Å². The van der Waals surface area contributed by atoms with E-state index in [4.69, 9.17) is 9.47 Å². The van der Waals surface area contributed by atoms with Crippen molar-refractivity contribution in [3.05, 3.63) is 23.8 Å². The van der Waals surface area contributed by atoms with E-state index in [-0.39, 0.29) is 30.0 Å². The lowest BCUT2D eigenvalue weighted by atomic mass is 10.1. The molecule has 10 heteroatoms. The molecule has 1 atom stereocenters. The van der Waals surface area contributed by atoms with Crippen LogP contribution in [0.3, 0.4) is 0 Å². The first-order valence-electron chi connectivity index (χ1n) is 10.6. The third-order valence-corrected chi connectivity index (χ3v) is 4.64. The molecule has 1 unspecified atom stereocenters. The summed E-state index contributed by atoms with van der Waals surface area (Å²) in [6.45, 7) is 8.12. The van der Waals surface area contributed by atoms with E-state index < -0.39 is 12.7 Å². The molecule has 1 saturated heterocycles. The Balaban J connectivity index is 0.00000480. The van der Waals surface area contributed by atoms with Crippen LogP contribution in [0.4, 0.5) is 13.2 Å². The Morgan fingerprint density at radius 2 is 1.87 bits per heavy atom. The smallest absolute Gasteiger partial charge is 0.401 e. The quantitative estimate of drug-likeness (QED) is 0.260. The second-order valence-corrected chi connectivity index (χ2v) is 7.14. The Labute approximate surface area is 200 Å². The van der Waals surface area contributed by atoms with Gasteiger partial charge in [0.25, 0.3) is 0 Å². The highest BCUT2D eigenvalue weighted by Crippen LogP contribution is 2.28. The Bertz CT molecular complexity index is 689. The molecule has 0 aromatic heterocycles. The highest BCUT2D eigenvalue weighted by molar-refractivity contribution is 14.0. The summed E-state index contributed by atoms with van der Waals surface area (Å²) in [5.41, 5.74) is 1.08. The minimum atomic E-state index is -4.16. The monoisotopic (exact) mass is 558 g/mol. The maximum Gasteiger partial charge on any atom is 0.401 e. The number of rotatable bonds is 10. The fourth-order valence-electron chi connectivity index (χ4n) is 3.41. The first-order chi connectivity index (χ1) is 14.3. The molecule has 0 spiro atoms. The number of aliphatic imine (C=N–C) groups is 1. The molecule has 2 rings (SSSR count). The summed E-state index contributed by atoms with van der Waals surface area (Å²) >= 11 is 0. The fourth-order valence-corrected chi connectivity index (χ4v) is 3.41. The van der Waals surface area contributed by atoms with Crippen molar-refractivity contribution in [2.24, 2.45) is 4.99 Å². The Kier molecular flexibility index (Phi) is 12.3. The molecule has 0 bridgehead atoms. The number of likely N-dealkylation sites (tertiary alicyclic amines) is 1. The van der Waals surface area contributed by atoms with Gasteiger partial charge in [0.15, 0.2) is 17.5 Å². The van der Waals surface area contributed by atoms with Gasteiger partial charge in [-0.3, -0.25) is 9.89 Å². The highest BCUT2D eigenvalue weighted by atomic mass is 127. The number of benzene rings is 1. The van der Waals surface area contributed by atoms with Crippen LogP contribution >= 0.6 is 24.0 Å². The number of ether oxygens (including phenoxy) is 2. The molecule has 31 heavy (non-hydrogen) atoms. The average molecular weight is 558 g/mol. The van der Waals surface area contributed by atoms with E-state index in [0.29, 0.717) is 58.2 Å². The summed E-state index contributed by atoms with van der Waals surface area (Å²) in [5, 5.41) is 6.43. The van der Waals surface area contributed by atoms with Crippen LogP contribution in [0.1, 0.15) is 32.8 Å². The Morgan fingerprint density at radius 3 is 2.52 bits per heavy atom. The molecule has 0 aliphatic carbocycles. The standard InChI is InChI=1S/C21H33F3N4O2.HI/c1-4-25-20(27-17-10-12-28(14-17)15-21(22,23)24)26-11-9-16-7-8-18(29-5-2)19(13-16)30-6-3;/h7-8,13,17H,4-6,9-12,14-15H2,1-3H3,(H2,25,26,27);1H. The van der Waals surface area contributed by atoms with Gasteiger partial charge in [-0.2, -0.15) is 13.2 Å². The van der Waals surface area contributed by atoms with Gasteiger partial charge in [-0.15, -0.1) is 24.0 Å². The lowest BCUT2D eigenvalue weighted by Gasteiger charge is -2.19. The van der Waals surface area contributed by atoms with Crippen molar-refractivity contribution in [3.8, 4) is 11.5 Å². The predicted octanol–water partition coefficient (Wildman–Crippen LogP) is 3.84. The van der Waals surface area contributed by atoms with E-state index in [9.17, 15) is 13.2 Å². The molecule has 178 valence electrons. The fraction of sp³-hybridized carbons (Fsp3) is 0.667. The summed E-state index contributed by atoms with van der Waals surface area (Å²) < 4.78 is 49.0.